The van der Waals surface area contributed by atoms with Crippen LogP contribution in [0.3, 0.4) is 0 Å². The summed E-state index contributed by atoms with van der Waals surface area (Å²) >= 11 is 0. The normalized spacial score (nSPS) is 12.7. The Labute approximate surface area is 194 Å². The van der Waals surface area contributed by atoms with Crippen LogP contribution in [0.25, 0.3) is 0 Å². The molecule has 2 amide bonds. The lowest BCUT2D eigenvalue weighted by atomic mass is 10.1. The zero-order valence-corrected chi connectivity index (χ0v) is 21.8. The van der Waals surface area contributed by atoms with Gasteiger partial charge in [-0.1, -0.05) is 33.6 Å². The van der Waals surface area contributed by atoms with Gasteiger partial charge in [0.15, 0.2) is 5.96 Å². The van der Waals surface area contributed by atoms with Crippen molar-refractivity contribution in [3.05, 3.63) is 0 Å². The Morgan fingerprint density at radius 3 is 2.21 bits per heavy atom. The maximum Gasteiger partial charge on any atom is 0.407 e. The van der Waals surface area contributed by atoms with Crippen LogP contribution in [0.2, 0.25) is 0 Å². The molecule has 29 heavy (non-hydrogen) atoms. The van der Waals surface area contributed by atoms with Crippen LogP contribution in [-0.4, -0.2) is 68.2 Å². The fourth-order valence-electron chi connectivity index (χ4n) is 2.13. The standard InChI is InChI=1S/C20H41N5O3.HI/c1-9-10-11-16(13-23-19(27)28-20(4,5)6)24-18(21-12-15(2)3)22-14-17(26)25(7)8;/h15-16H,9-14H2,1-8H3,(H,23,27)(H2,21,22,24);1H. The average Bonchev–Trinajstić information content (AvgIpc) is 2.57. The fraction of sp³-hybridized carbons (Fsp3) is 0.850. The Balaban J connectivity index is 0. The van der Waals surface area contributed by atoms with E-state index in [1.165, 1.54) is 4.90 Å². The lowest BCUT2D eigenvalue weighted by molar-refractivity contribution is -0.127. The summed E-state index contributed by atoms with van der Waals surface area (Å²) in [7, 11) is 3.42. The van der Waals surface area contributed by atoms with Gasteiger partial charge in [-0.25, -0.2) is 9.79 Å². The molecule has 0 bridgehead atoms. The summed E-state index contributed by atoms with van der Waals surface area (Å²) in [5.74, 6) is 0.948. The summed E-state index contributed by atoms with van der Waals surface area (Å²) < 4.78 is 5.31. The number of rotatable bonds is 10. The van der Waals surface area contributed by atoms with Crippen molar-refractivity contribution in [2.24, 2.45) is 10.9 Å². The number of alkyl carbamates (subject to hydrolysis) is 1. The van der Waals surface area contributed by atoms with Gasteiger partial charge in [-0.15, -0.1) is 24.0 Å². The minimum atomic E-state index is -0.533. The highest BCUT2D eigenvalue weighted by molar-refractivity contribution is 14.0. The predicted octanol–water partition coefficient (Wildman–Crippen LogP) is 2.97. The third-order valence-corrected chi connectivity index (χ3v) is 3.69. The number of hydrogen-bond donors (Lipinski definition) is 3. The Bertz CT molecular complexity index is 505. The topological polar surface area (TPSA) is 95.1 Å². The Kier molecular flexibility index (Phi) is 16.1. The molecule has 9 heteroatoms. The third-order valence-electron chi connectivity index (χ3n) is 3.69. The van der Waals surface area contributed by atoms with E-state index in [0.29, 0.717) is 18.4 Å². The van der Waals surface area contributed by atoms with E-state index in [1.807, 2.05) is 20.8 Å². The largest absolute Gasteiger partial charge is 0.444 e. The molecule has 172 valence electrons. The van der Waals surface area contributed by atoms with E-state index in [4.69, 9.17) is 4.74 Å². The zero-order valence-electron chi connectivity index (χ0n) is 19.4. The fourth-order valence-corrected chi connectivity index (χ4v) is 2.13. The number of nitrogens with one attached hydrogen (secondary N) is 3. The molecule has 3 N–H and O–H groups in total. The van der Waals surface area contributed by atoms with Gasteiger partial charge in [0, 0.05) is 33.2 Å². The maximum absolute atomic E-state index is 12.0. The lowest BCUT2D eigenvalue weighted by Crippen LogP contribution is -2.50. The SMILES string of the molecule is CCCCC(CNC(=O)OC(C)(C)C)NC(=NCC(=O)N(C)C)NCC(C)C.I. The molecule has 0 saturated carbocycles. The number of hydrogen-bond acceptors (Lipinski definition) is 4. The minimum Gasteiger partial charge on any atom is -0.444 e. The number of carbonyl (C=O) groups excluding carboxylic acids is 2. The average molecular weight is 527 g/mol. The van der Waals surface area contributed by atoms with Gasteiger partial charge in [-0.05, 0) is 33.1 Å². The van der Waals surface area contributed by atoms with E-state index in [9.17, 15) is 9.59 Å². The number of nitrogens with zero attached hydrogens (tertiary/aromatic N) is 2. The van der Waals surface area contributed by atoms with Crippen LogP contribution >= 0.6 is 24.0 Å². The summed E-state index contributed by atoms with van der Waals surface area (Å²) in [6.07, 6.45) is 2.50. The van der Waals surface area contributed by atoms with Crippen LogP contribution in [0.5, 0.6) is 0 Å². The van der Waals surface area contributed by atoms with E-state index < -0.39 is 11.7 Å². The Morgan fingerprint density at radius 2 is 1.72 bits per heavy atom. The van der Waals surface area contributed by atoms with Crippen molar-refractivity contribution in [2.45, 2.75) is 72.4 Å². The van der Waals surface area contributed by atoms with Gasteiger partial charge in [0.1, 0.15) is 12.1 Å². The van der Waals surface area contributed by atoms with Gasteiger partial charge in [0.25, 0.3) is 0 Å². The van der Waals surface area contributed by atoms with Crippen molar-refractivity contribution in [3.63, 3.8) is 0 Å². The third kappa shape index (κ3) is 17.3. The van der Waals surface area contributed by atoms with Gasteiger partial charge >= 0.3 is 6.09 Å². The van der Waals surface area contributed by atoms with E-state index in [0.717, 1.165) is 25.8 Å². The summed E-state index contributed by atoms with van der Waals surface area (Å²) in [6, 6.07) is -0.0136. The van der Waals surface area contributed by atoms with Crippen molar-refractivity contribution < 1.29 is 14.3 Å². The van der Waals surface area contributed by atoms with Crippen molar-refractivity contribution in [1.29, 1.82) is 0 Å². The lowest BCUT2D eigenvalue weighted by Gasteiger charge is -2.24. The van der Waals surface area contributed by atoms with Crippen molar-refractivity contribution in [1.82, 2.24) is 20.9 Å². The first-order chi connectivity index (χ1) is 12.9. The molecule has 0 aliphatic rings. The number of aliphatic imine (C=N–C) groups is 1. The number of ether oxygens (including phenoxy) is 1. The van der Waals surface area contributed by atoms with E-state index >= 15 is 0 Å². The van der Waals surface area contributed by atoms with E-state index in [1.54, 1.807) is 14.1 Å². The molecule has 0 aromatic heterocycles. The summed E-state index contributed by atoms with van der Waals surface area (Å²) in [5.41, 5.74) is -0.533. The first-order valence-electron chi connectivity index (χ1n) is 10.2. The number of amides is 2. The molecule has 0 radical (unpaired) electrons. The number of halogens is 1. The monoisotopic (exact) mass is 527 g/mol. The summed E-state index contributed by atoms with van der Waals surface area (Å²) in [6.45, 7) is 13.1. The number of likely N-dealkylation sites (N-methyl/N-ethyl adjacent to an activating group) is 1. The first kappa shape index (κ1) is 29.9. The second-order valence-electron chi connectivity index (χ2n) is 8.59. The van der Waals surface area contributed by atoms with Crippen LogP contribution < -0.4 is 16.0 Å². The highest BCUT2D eigenvalue weighted by Gasteiger charge is 2.18. The van der Waals surface area contributed by atoms with Crippen molar-refractivity contribution in [2.75, 3.05) is 33.7 Å². The molecule has 1 unspecified atom stereocenters. The molecule has 0 aliphatic carbocycles. The number of guanidine groups is 1. The van der Waals surface area contributed by atoms with Crippen molar-refractivity contribution in [3.8, 4) is 0 Å². The second kappa shape index (κ2) is 15.6. The molecule has 0 rings (SSSR count). The second-order valence-corrected chi connectivity index (χ2v) is 8.59. The summed E-state index contributed by atoms with van der Waals surface area (Å²) in [5, 5.41) is 9.45. The summed E-state index contributed by atoms with van der Waals surface area (Å²) in [4.78, 5) is 29.8. The zero-order chi connectivity index (χ0) is 21.7. The van der Waals surface area contributed by atoms with Crippen molar-refractivity contribution >= 4 is 41.9 Å². The Morgan fingerprint density at radius 1 is 1.10 bits per heavy atom. The van der Waals surface area contributed by atoms with Gasteiger partial charge < -0.3 is 25.6 Å². The first-order valence-corrected chi connectivity index (χ1v) is 10.2. The van der Waals surface area contributed by atoms with Crippen LogP contribution in [-0.2, 0) is 9.53 Å². The van der Waals surface area contributed by atoms with Crippen LogP contribution in [0, 0.1) is 5.92 Å². The predicted molar refractivity (Wildman–Crippen MR) is 130 cm³/mol. The molecular formula is C20H42IN5O3. The molecule has 8 nitrogen and oxygen atoms in total. The highest BCUT2D eigenvalue weighted by Crippen LogP contribution is 2.07. The Hall–Kier alpha value is -1.26. The maximum atomic E-state index is 12.0. The minimum absolute atomic E-state index is 0. The molecule has 0 heterocycles. The molecule has 0 spiro atoms. The van der Waals surface area contributed by atoms with Crippen LogP contribution in [0.15, 0.2) is 4.99 Å². The van der Waals surface area contributed by atoms with Crippen LogP contribution in [0.4, 0.5) is 4.79 Å². The van der Waals surface area contributed by atoms with Gasteiger partial charge in [-0.2, -0.15) is 0 Å². The van der Waals surface area contributed by atoms with Gasteiger partial charge in [-0.3, -0.25) is 4.79 Å². The quantitative estimate of drug-likeness (QED) is 0.231. The molecular weight excluding hydrogens is 485 g/mol. The molecule has 0 aromatic carbocycles. The molecule has 0 aliphatic heterocycles. The smallest absolute Gasteiger partial charge is 0.407 e. The number of unbranched alkanes of at least 4 members (excludes halogenated alkanes) is 1. The van der Waals surface area contributed by atoms with Gasteiger partial charge in [0.05, 0.1) is 0 Å². The molecule has 0 saturated heterocycles. The van der Waals surface area contributed by atoms with Crippen LogP contribution in [0.1, 0.15) is 60.8 Å². The molecule has 0 aromatic rings. The van der Waals surface area contributed by atoms with E-state index in [2.05, 4.69) is 41.7 Å². The molecule has 1 atom stereocenters. The van der Waals surface area contributed by atoms with Gasteiger partial charge in [0.2, 0.25) is 5.91 Å². The highest BCUT2D eigenvalue weighted by atomic mass is 127. The molecule has 0 fully saturated rings. The van der Waals surface area contributed by atoms with E-state index in [-0.39, 0.29) is 42.5 Å². The number of carbonyl (C=O) groups is 2.